The first-order valence-electron chi connectivity index (χ1n) is 6.29. The van der Waals surface area contributed by atoms with Gasteiger partial charge in [0.2, 0.25) is 0 Å². The van der Waals surface area contributed by atoms with Crippen molar-refractivity contribution in [2.24, 2.45) is 0 Å². The first kappa shape index (κ1) is 12.8. The fraction of sp³-hybridized carbons (Fsp3) is 0.429. The fourth-order valence-electron chi connectivity index (χ4n) is 2.06. The van der Waals surface area contributed by atoms with Crippen molar-refractivity contribution in [3.8, 4) is 0 Å². The van der Waals surface area contributed by atoms with Crippen LogP contribution >= 0.6 is 0 Å². The van der Waals surface area contributed by atoms with E-state index in [4.69, 9.17) is 4.74 Å². The molecule has 1 aromatic heterocycles. The standard InChI is InChI=1S/C14H18N2O2/c1-3-16-13-8-6-5-7-12(13)15-14(16)9-11(17)10-18-4-2/h5-8H,3-4,9-10H2,1-2H3. The molecule has 1 aromatic carbocycles. The van der Waals surface area contributed by atoms with Crippen molar-refractivity contribution >= 4 is 16.8 Å². The predicted octanol–water partition coefficient (Wildman–Crippen LogP) is 2.20. The Morgan fingerprint density at radius 3 is 2.83 bits per heavy atom. The van der Waals surface area contributed by atoms with Crippen LogP contribution in [0.4, 0.5) is 0 Å². The molecule has 0 N–H and O–H groups in total. The van der Waals surface area contributed by atoms with E-state index in [1.165, 1.54) is 0 Å². The Morgan fingerprint density at radius 2 is 2.11 bits per heavy atom. The van der Waals surface area contributed by atoms with Gasteiger partial charge < -0.3 is 9.30 Å². The number of ketones is 1. The van der Waals surface area contributed by atoms with Gasteiger partial charge in [-0.2, -0.15) is 0 Å². The van der Waals surface area contributed by atoms with E-state index in [2.05, 4.69) is 16.5 Å². The first-order chi connectivity index (χ1) is 8.76. The summed E-state index contributed by atoms with van der Waals surface area (Å²) < 4.78 is 7.21. The van der Waals surface area contributed by atoms with E-state index < -0.39 is 0 Å². The van der Waals surface area contributed by atoms with Gasteiger partial charge in [0.1, 0.15) is 12.4 Å². The lowest BCUT2D eigenvalue weighted by molar-refractivity contribution is -0.122. The van der Waals surface area contributed by atoms with Crippen molar-refractivity contribution in [2.45, 2.75) is 26.8 Å². The highest BCUT2D eigenvalue weighted by molar-refractivity contribution is 5.83. The van der Waals surface area contributed by atoms with Crippen LogP contribution in [0.2, 0.25) is 0 Å². The summed E-state index contributed by atoms with van der Waals surface area (Å²) in [7, 11) is 0. The van der Waals surface area contributed by atoms with Gasteiger partial charge in [0.25, 0.3) is 0 Å². The number of aryl methyl sites for hydroxylation is 1. The molecule has 96 valence electrons. The summed E-state index contributed by atoms with van der Waals surface area (Å²) in [6, 6.07) is 7.95. The van der Waals surface area contributed by atoms with Crippen LogP contribution < -0.4 is 0 Å². The number of carbonyl (C=O) groups excluding carboxylic acids is 1. The number of hydrogen-bond donors (Lipinski definition) is 0. The van der Waals surface area contributed by atoms with Crippen LogP contribution in [0.15, 0.2) is 24.3 Å². The smallest absolute Gasteiger partial charge is 0.165 e. The zero-order valence-electron chi connectivity index (χ0n) is 10.8. The molecule has 18 heavy (non-hydrogen) atoms. The SMILES string of the molecule is CCOCC(=O)Cc1nc2ccccc2n1CC. The van der Waals surface area contributed by atoms with Gasteiger partial charge in [-0.3, -0.25) is 4.79 Å². The molecule has 4 heteroatoms. The molecule has 0 atom stereocenters. The lowest BCUT2D eigenvalue weighted by atomic mass is 10.3. The van der Waals surface area contributed by atoms with Crippen molar-refractivity contribution in [3.63, 3.8) is 0 Å². The van der Waals surface area contributed by atoms with Crippen molar-refractivity contribution in [1.82, 2.24) is 9.55 Å². The van der Waals surface area contributed by atoms with E-state index in [-0.39, 0.29) is 12.4 Å². The third-order valence-electron chi connectivity index (χ3n) is 2.87. The maximum atomic E-state index is 11.7. The number of rotatable bonds is 6. The highest BCUT2D eigenvalue weighted by atomic mass is 16.5. The Balaban J connectivity index is 2.24. The molecule has 0 fully saturated rings. The number of carbonyl (C=O) groups is 1. The second-order valence-electron chi connectivity index (χ2n) is 4.11. The summed E-state index contributed by atoms with van der Waals surface area (Å²) >= 11 is 0. The molecule has 0 saturated carbocycles. The minimum Gasteiger partial charge on any atom is -0.374 e. The number of nitrogens with zero attached hydrogens (tertiary/aromatic N) is 2. The number of fused-ring (bicyclic) bond motifs is 1. The Morgan fingerprint density at radius 1 is 1.33 bits per heavy atom. The second kappa shape index (κ2) is 5.78. The van der Waals surface area contributed by atoms with Crippen molar-refractivity contribution in [1.29, 1.82) is 0 Å². The van der Waals surface area contributed by atoms with Crippen molar-refractivity contribution < 1.29 is 9.53 Å². The highest BCUT2D eigenvalue weighted by Crippen LogP contribution is 2.16. The lowest BCUT2D eigenvalue weighted by Crippen LogP contribution is -2.14. The number of ether oxygens (including phenoxy) is 1. The van der Waals surface area contributed by atoms with Crippen LogP contribution in [0.25, 0.3) is 11.0 Å². The Bertz CT molecular complexity index is 546. The topological polar surface area (TPSA) is 44.1 Å². The minimum absolute atomic E-state index is 0.0712. The Kier molecular flexibility index (Phi) is 4.10. The molecular formula is C14H18N2O2. The molecule has 0 spiro atoms. The summed E-state index contributed by atoms with van der Waals surface area (Å²) in [5, 5.41) is 0. The van der Waals surface area contributed by atoms with Gasteiger partial charge in [0, 0.05) is 13.2 Å². The zero-order valence-corrected chi connectivity index (χ0v) is 10.8. The molecule has 0 aliphatic heterocycles. The van der Waals surface area contributed by atoms with Crippen LogP contribution in [0.1, 0.15) is 19.7 Å². The number of imidazole rings is 1. The molecule has 0 unspecified atom stereocenters. The average molecular weight is 246 g/mol. The Labute approximate surface area is 107 Å². The van der Waals surface area contributed by atoms with Crippen molar-refractivity contribution in [2.75, 3.05) is 13.2 Å². The third-order valence-corrected chi connectivity index (χ3v) is 2.87. The van der Waals surface area contributed by atoms with E-state index in [1.54, 1.807) is 0 Å². The van der Waals surface area contributed by atoms with Crippen LogP contribution in [-0.2, 0) is 22.5 Å². The molecule has 0 radical (unpaired) electrons. The molecular weight excluding hydrogens is 228 g/mol. The van der Waals surface area contributed by atoms with E-state index in [1.807, 2.05) is 31.2 Å². The molecule has 0 bridgehead atoms. The summed E-state index contributed by atoms with van der Waals surface area (Å²) in [5.74, 6) is 0.894. The second-order valence-corrected chi connectivity index (χ2v) is 4.11. The predicted molar refractivity (Wildman–Crippen MR) is 70.6 cm³/mol. The minimum atomic E-state index is 0.0712. The number of aromatic nitrogens is 2. The van der Waals surface area contributed by atoms with E-state index in [9.17, 15) is 4.79 Å². The molecule has 4 nitrogen and oxygen atoms in total. The molecule has 0 saturated heterocycles. The van der Waals surface area contributed by atoms with Crippen LogP contribution in [0, 0.1) is 0 Å². The van der Waals surface area contributed by atoms with Crippen molar-refractivity contribution in [3.05, 3.63) is 30.1 Å². The third kappa shape index (κ3) is 2.59. The quantitative estimate of drug-likeness (QED) is 0.785. The average Bonchev–Trinajstić information content (AvgIpc) is 2.73. The van der Waals surface area contributed by atoms with Gasteiger partial charge in [-0.15, -0.1) is 0 Å². The van der Waals surface area contributed by atoms with Crippen LogP contribution in [-0.4, -0.2) is 28.5 Å². The number of benzene rings is 1. The molecule has 0 aliphatic rings. The fourth-order valence-corrected chi connectivity index (χ4v) is 2.06. The highest BCUT2D eigenvalue weighted by Gasteiger charge is 2.12. The van der Waals surface area contributed by atoms with Gasteiger partial charge >= 0.3 is 0 Å². The van der Waals surface area contributed by atoms with Gasteiger partial charge in [-0.1, -0.05) is 12.1 Å². The van der Waals surface area contributed by atoms with E-state index in [0.717, 1.165) is 23.4 Å². The molecule has 0 aliphatic carbocycles. The molecule has 2 rings (SSSR count). The zero-order chi connectivity index (χ0) is 13.0. The lowest BCUT2D eigenvalue weighted by Gasteiger charge is -2.05. The maximum Gasteiger partial charge on any atom is 0.165 e. The van der Waals surface area contributed by atoms with Crippen LogP contribution in [0.5, 0.6) is 0 Å². The van der Waals surface area contributed by atoms with Gasteiger partial charge in [0.15, 0.2) is 5.78 Å². The summed E-state index contributed by atoms with van der Waals surface area (Å²) in [5.41, 5.74) is 2.03. The number of para-hydroxylation sites is 2. The number of hydrogen-bond acceptors (Lipinski definition) is 3. The first-order valence-corrected chi connectivity index (χ1v) is 6.29. The Hall–Kier alpha value is -1.68. The number of Topliss-reactive ketones (excluding diaryl/α,β-unsaturated/α-hetero) is 1. The summed E-state index contributed by atoms with van der Waals surface area (Å²) in [4.78, 5) is 16.3. The molecule has 0 amide bonds. The van der Waals surface area contributed by atoms with Gasteiger partial charge in [-0.05, 0) is 26.0 Å². The van der Waals surface area contributed by atoms with Crippen LogP contribution in [0.3, 0.4) is 0 Å². The van der Waals surface area contributed by atoms with E-state index in [0.29, 0.717) is 13.0 Å². The largest absolute Gasteiger partial charge is 0.374 e. The van der Waals surface area contributed by atoms with E-state index >= 15 is 0 Å². The molecule has 2 aromatic rings. The maximum absolute atomic E-state index is 11.7. The molecule has 1 heterocycles. The summed E-state index contributed by atoms with van der Waals surface area (Å²) in [6.07, 6.45) is 0.336. The summed E-state index contributed by atoms with van der Waals surface area (Å²) in [6.45, 7) is 5.50. The van der Waals surface area contributed by atoms with Gasteiger partial charge in [-0.25, -0.2) is 4.98 Å². The monoisotopic (exact) mass is 246 g/mol. The normalized spacial score (nSPS) is 11.0. The van der Waals surface area contributed by atoms with Gasteiger partial charge in [0.05, 0.1) is 17.5 Å².